The number of anilines is 1. The quantitative estimate of drug-likeness (QED) is 0.473. The van der Waals surface area contributed by atoms with E-state index in [1.54, 1.807) is 0 Å². The molecule has 0 bridgehead atoms. The van der Waals surface area contributed by atoms with Crippen LogP contribution in [0.25, 0.3) is 11.1 Å². The summed E-state index contributed by atoms with van der Waals surface area (Å²) in [4.78, 5) is 10.9. The lowest BCUT2D eigenvalue weighted by molar-refractivity contribution is -0.137. The van der Waals surface area contributed by atoms with Gasteiger partial charge in [0.2, 0.25) is 0 Å². The number of halogens is 6. The molecule has 2 aromatic rings. The topological polar surface area (TPSA) is 63.3 Å². The van der Waals surface area contributed by atoms with Gasteiger partial charge in [-0.3, -0.25) is 0 Å². The molecule has 23 heavy (non-hydrogen) atoms. The summed E-state index contributed by atoms with van der Waals surface area (Å²) in [5, 5.41) is 8.27. The fraction of sp³-hybridized carbons (Fsp3) is 0.0714. The molecular formula is C14H7ClF5NO2. The Labute approximate surface area is 131 Å². The number of carboxylic acid groups (broad SMARTS) is 1. The number of nitrogen functional groups attached to an aromatic ring is 1. The third-order valence-corrected chi connectivity index (χ3v) is 3.32. The molecule has 0 aliphatic carbocycles. The SMILES string of the molecule is Nc1cc(-c2cc(Cl)c(F)cc2F)c(C(F)(F)F)cc1C(=O)O. The van der Waals surface area contributed by atoms with Gasteiger partial charge in [-0.05, 0) is 23.8 Å². The van der Waals surface area contributed by atoms with Gasteiger partial charge in [0.1, 0.15) is 11.6 Å². The highest BCUT2D eigenvalue weighted by atomic mass is 35.5. The summed E-state index contributed by atoms with van der Waals surface area (Å²) >= 11 is 5.48. The van der Waals surface area contributed by atoms with Crippen molar-refractivity contribution in [2.45, 2.75) is 6.18 Å². The summed E-state index contributed by atoms with van der Waals surface area (Å²) in [5.41, 5.74) is 1.32. The van der Waals surface area contributed by atoms with Gasteiger partial charge in [0, 0.05) is 17.3 Å². The number of nitrogens with two attached hydrogens (primary N) is 1. The zero-order valence-corrected chi connectivity index (χ0v) is 11.8. The maximum Gasteiger partial charge on any atom is 0.417 e. The minimum absolute atomic E-state index is 0.295. The van der Waals surface area contributed by atoms with Crippen LogP contribution in [0.2, 0.25) is 5.02 Å². The average molecular weight is 352 g/mol. The molecule has 0 spiro atoms. The van der Waals surface area contributed by atoms with Crippen molar-refractivity contribution in [2.24, 2.45) is 0 Å². The first kappa shape index (κ1) is 17.0. The number of aromatic carboxylic acids is 1. The van der Waals surface area contributed by atoms with Gasteiger partial charge in [0.15, 0.2) is 0 Å². The molecule has 9 heteroatoms. The van der Waals surface area contributed by atoms with E-state index in [0.29, 0.717) is 24.3 Å². The minimum atomic E-state index is -4.99. The molecule has 0 aliphatic heterocycles. The van der Waals surface area contributed by atoms with Crippen LogP contribution in [-0.2, 0) is 6.18 Å². The summed E-state index contributed by atoms with van der Waals surface area (Å²) < 4.78 is 66.5. The Morgan fingerprint density at radius 1 is 1.04 bits per heavy atom. The molecule has 0 amide bonds. The standard InChI is InChI=1S/C14H7ClF5NO2/c15-9-2-6(10(16)4-11(9)17)5-3-12(21)7(13(22)23)1-8(5)14(18,19)20/h1-4H,21H2,(H,22,23). The maximum absolute atomic E-state index is 13.9. The molecule has 0 unspecified atom stereocenters. The fourth-order valence-corrected chi connectivity index (χ4v) is 2.15. The summed E-state index contributed by atoms with van der Waals surface area (Å²) in [5.74, 6) is -4.10. The first-order valence-corrected chi connectivity index (χ1v) is 6.29. The molecule has 3 N–H and O–H groups in total. The van der Waals surface area contributed by atoms with Crippen molar-refractivity contribution < 1.29 is 31.9 Å². The van der Waals surface area contributed by atoms with Gasteiger partial charge in [0.25, 0.3) is 0 Å². The van der Waals surface area contributed by atoms with Crippen LogP contribution in [0, 0.1) is 11.6 Å². The van der Waals surface area contributed by atoms with Crippen molar-refractivity contribution in [3.8, 4) is 11.1 Å². The molecule has 122 valence electrons. The van der Waals surface area contributed by atoms with Gasteiger partial charge in [-0.25, -0.2) is 13.6 Å². The van der Waals surface area contributed by atoms with E-state index in [1.165, 1.54) is 0 Å². The van der Waals surface area contributed by atoms with E-state index >= 15 is 0 Å². The van der Waals surface area contributed by atoms with Crippen LogP contribution in [-0.4, -0.2) is 11.1 Å². The monoisotopic (exact) mass is 351 g/mol. The number of carboxylic acids is 1. The van der Waals surface area contributed by atoms with Gasteiger partial charge in [0.05, 0.1) is 16.1 Å². The van der Waals surface area contributed by atoms with E-state index in [-0.39, 0.29) is 0 Å². The summed E-state index contributed by atoms with van der Waals surface area (Å²) in [6.45, 7) is 0. The maximum atomic E-state index is 13.9. The van der Waals surface area contributed by atoms with Crippen LogP contribution >= 0.6 is 11.6 Å². The second kappa shape index (κ2) is 5.69. The molecule has 0 fully saturated rings. The average Bonchev–Trinajstić information content (AvgIpc) is 2.40. The van der Waals surface area contributed by atoms with Gasteiger partial charge >= 0.3 is 12.1 Å². The van der Waals surface area contributed by atoms with E-state index in [2.05, 4.69) is 0 Å². The summed E-state index contributed by atoms with van der Waals surface area (Å²) in [7, 11) is 0. The highest BCUT2D eigenvalue weighted by molar-refractivity contribution is 6.31. The molecule has 0 saturated carbocycles. The molecule has 0 saturated heterocycles. The van der Waals surface area contributed by atoms with E-state index in [0.717, 1.165) is 0 Å². The molecule has 0 heterocycles. The molecule has 2 rings (SSSR count). The largest absolute Gasteiger partial charge is 0.478 e. The number of alkyl halides is 3. The highest BCUT2D eigenvalue weighted by Crippen LogP contribution is 2.41. The normalized spacial score (nSPS) is 11.6. The molecule has 0 atom stereocenters. The number of rotatable bonds is 2. The molecular weight excluding hydrogens is 345 g/mol. The van der Waals surface area contributed by atoms with Crippen LogP contribution in [0.5, 0.6) is 0 Å². The summed E-state index contributed by atoms with van der Waals surface area (Å²) in [6, 6.07) is 1.97. The molecule has 3 nitrogen and oxygen atoms in total. The minimum Gasteiger partial charge on any atom is -0.478 e. The molecule has 0 radical (unpaired) electrons. The highest BCUT2D eigenvalue weighted by Gasteiger charge is 2.36. The Morgan fingerprint density at radius 2 is 1.65 bits per heavy atom. The van der Waals surface area contributed by atoms with Crippen LogP contribution < -0.4 is 5.73 Å². The van der Waals surface area contributed by atoms with Crippen LogP contribution in [0.15, 0.2) is 24.3 Å². The number of hydrogen-bond acceptors (Lipinski definition) is 2. The Kier molecular flexibility index (Phi) is 4.21. The number of hydrogen-bond donors (Lipinski definition) is 2. The Bertz CT molecular complexity index is 805. The van der Waals surface area contributed by atoms with E-state index in [4.69, 9.17) is 22.4 Å². The second-order valence-corrected chi connectivity index (χ2v) is 4.94. The molecule has 0 aromatic heterocycles. The smallest absolute Gasteiger partial charge is 0.417 e. The van der Waals surface area contributed by atoms with Crippen LogP contribution in [0.1, 0.15) is 15.9 Å². The lowest BCUT2D eigenvalue weighted by atomic mass is 9.95. The first-order chi connectivity index (χ1) is 10.5. The molecule has 2 aromatic carbocycles. The molecule has 0 aliphatic rings. The van der Waals surface area contributed by atoms with Crippen molar-refractivity contribution >= 4 is 23.3 Å². The van der Waals surface area contributed by atoms with Crippen LogP contribution in [0.3, 0.4) is 0 Å². The van der Waals surface area contributed by atoms with Crippen molar-refractivity contribution in [2.75, 3.05) is 5.73 Å². The fourth-order valence-electron chi connectivity index (χ4n) is 1.99. The van der Waals surface area contributed by atoms with E-state index in [1.807, 2.05) is 0 Å². The zero-order valence-electron chi connectivity index (χ0n) is 11.0. The number of carbonyl (C=O) groups is 1. The Morgan fingerprint density at radius 3 is 2.17 bits per heavy atom. The third kappa shape index (κ3) is 3.21. The van der Waals surface area contributed by atoms with Crippen molar-refractivity contribution in [3.05, 3.63) is 52.0 Å². The number of benzene rings is 2. The predicted octanol–water partition coefficient (Wildman–Crippen LogP) is 4.58. The van der Waals surface area contributed by atoms with Gasteiger partial charge in [-0.2, -0.15) is 13.2 Å². The lowest BCUT2D eigenvalue weighted by Crippen LogP contribution is -2.12. The Hall–Kier alpha value is -2.35. The predicted molar refractivity (Wildman–Crippen MR) is 73.2 cm³/mol. The third-order valence-electron chi connectivity index (χ3n) is 3.03. The van der Waals surface area contributed by atoms with Crippen LogP contribution in [0.4, 0.5) is 27.6 Å². The van der Waals surface area contributed by atoms with Gasteiger partial charge in [-0.1, -0.05) is 11.6 Å². The lowest BCUT2D eigenvalue weighted by Gasteiger charge is -2.16. The first-order valence-electron chi connectivity index (χ1n) is 5.91. The summed E-state index contributed by atoms with van der Waals surface area (Å²) in [6.07, 6.45) is -4.99. The van der Waals surface area contributed by atoms with Crippen molar-refractivity contribution in [1.82, 2.24) is 0 Å². The van der Waals surface area contributed by atoms with E-state index in [9.17, 15) is 26.7 Å². The van der Waals surface area contributed by atoms with Crippen molar-refractivity contribution in [3.63, 3.8) is 0 Å². The second-order valence-electron chi connectivity index (χ2n) is 4.53. The van der Waals surface area contributed by atoms with Gasteiger partial charge in [-0.15, -0.1) is 0 Å². The zero-order chi connectivity index (χ0) is 17.5. The van der Waals surface area contributed by atoms with Gasteiger partial charge < -0.3 is 10.8 Å². The van der Waals surface area contributed by atoms with Crippen molar-refractivity contribution in [1.29, 1.82) is 0 Å². The Balaban J connectivity index is 2.84. The van der Waals surface area contributed by atoms with E-state index < -0.39 is 56.7 Å².